The number of carbonyl (C=O) groups excluding carboxylic acids is 1. The molecule has 0 saturated carbocycles. The number of benzene rings is 2. The zero-order valence-electron chi connectivity index (χ0n) is 15.9. The molecule has 3 rings (SSSR count). The maximum absolute atomic E-state index is 12.4. The Bertz CT molecular complexity index is 764. The van der Waals surface area contributed by atoms with E-state index in [1.165, 1.54) is 5.56 Å². The van der Waals surface area contributed by atoms with Crippen molar-refractivity contribution < 1.29 is 4.79 Å². The Morgan fingerprint density at radius 1 is 1.04 bits per heavy atom. The Labute approximate surface area is 181 Å². The van der Waals surface area contributed by atoms with Crippen molar-refractivity contribution in [3.05, 3.63) is 69.7 Å². The molecule has 0 aliphatic carbocycles. The second kappa shape index (κ2) is 11.1. The molecule has 1 amide bonds. The van der Waals surface area contributed by atoms with Gasteiger partial charge in [-0.2, -0.15) is 11.8 Å². The zero-order chi connectivity index (χ0) is 19.8. The van der Waals surface area contributed by atoms with E-state index < -0.39 is 0 Å². The summed E-state index contributed by atoms with van der Waals surface area (Å²) in [4.78, 5) is 14.8. The Balaban J connectivity index is 1.31. The van der Waals surface area contributed by atoms with Crippen LogP contribution in [-0.4, -0.2) is 36.2 Å². The molecule has 1 heterocycles. The van der Waals surface area contributed by atoms with E-state index in [9.17, 15) is 4.79 Å². The lowest BCUT2D eigenvalue weighted by atomic mass is 9.95. The molecule has 1 aliphatic rings. The number of nitrogens with one attached hydrogen (secondary N) is 1. The van der Waals surface area contributed by atoms with Gasteiger partial charge in [0, 0.05) is 30.5 Å². The van der Waals surface area contributed by atoms with Crippen LogP contribution in [0.1, 0.15) is 24.0 Å². The summed E-state index contributed by atoms with van der Waals surface area (Å²) in [5, 5.41) is 4.29. The van der Waals surface area contributed by atoms with Crippen LogP contribution in [0.4, 0.5) is 0 Å². The summed E-state index contributed by atoms with van der Waals surface area (Å²) in [6.07, 6.45) is 1.81. The van der Waals surface area contributed by atoms with Crippen molar-refractivity contribution in [3.8, 4) is 0 Å². The number of halogens is 2. The van der Waals surface area contributed by atoms with Crippen LogP contribution in [0.15, 0.2) is 48.5 Å². The Hall–Kier alpha value is -1.20. The highest BCUT2D eigenvalue weighted by atomic mass is 35.5. The van der Waals surface area contributed by atoms with E-state index in [2.05, 4.69) is 34.5 Å². The van der Waals surface area contributed by atoms with Gasteiger partial charge in [-0.15, -0.1) is 0 Å². The monoisotopic (exact) mass is 436 g/mol. The smallest absolute Gasteiger partial charge is 0.223 e. The number of rotatable bonds is 8. The number of hydrogen-bond acceptors (Lipinski definition) is 3. The van der Waals surface area contributed by atoms with Gasteiger partial charge in [-0.05, 0) is 49.2 Å². The standard InChI is InChI=1S/C22H26Cl2N2OS/c23-20-7-6-18(14-21(20)24)15-26-11-8-19(9-12-26)22(27)25-10-13-28-16-17-4-2-1-3-5-17/h1-7,14,19H,8-13,15-16H2,(H,25,27). The first kappa shape index (κ1) is 21.5. The molecule has 0 radical (unpaired) electrons. The average Bonchev–Trinajstić information content (AvgIpc) is 2.72. The number of carbonyl (C=O) groups is 1. The predicted molar refractivity (Wildman–Crippen MR) is 120 cm³/mol. The van der Waals surface area contributed by atoms with Crippen LogP contribution in [0, 0.1) is 5.92 Å². The first-order chi connectivity index (χ1) is 13.6. The first-order valence-corrected chi connectivity index (χ1v) is 11.6. The van der Waals surface area contributed by atoms with E-state index in [-0.39, 0.29) is 11.8 Å². The summed E-state index contributed by atoms with van der Waals surface area (Å²) < 4.78 is 0. The number of piperidine rings is 1. The highest BCUT2D eigenvalue weighted by Gasteiger charge is 2.24. The van der Waals surface area contributed by atoms with Crippen molar-refractivity contribution in [1.29, 1.82) is 0 Å². The number of likely N-dealkylation sites (tertiary alicyclic amines) is 1. The summed E-state index contributed by atoms with van der Waals surface area (Å²) in [5.41, 5.74) is 2.49. The average molecular weight is 437 g/mol. The van der Waals surface area contributed by atoms with Crippen molar-refractivity contribution in [3.63, 3.8) is 0 Å². The highest BCUT2D eigenvalue weighted by molar-refractivity contribution is 7.98. The topological polar surface area (TPSA) is 32.3 Å². The fraction of sp³-hybridized carbons (Fsp3) is 0.409. The lowest BCUT2D eigenvalue weighted by Crippen LogP contribution is -2.40. The van der Waals surface area contributed by atoms with Crippen molar-refractivity contribution in [1.82, 2.24) is 10.2 Å². The van der Waals surface area contributed by atoms with Crippen molar-refractivity contribution >= 4 is 40.9 Å². The van der Waals surface area contributed by atoms with Crippen LogP contribution in [0.3, 0.4) is 0 Å². The molecule has 6 heteroatoms. The molecule has 1 saturated heterocycles. The second-order valence-electron chi connectivity index (χ2n) is 7.13. The molecule has 0 spiro atoms. The summed E-state index contributed by atoms with van der Waals surface area (Å²) in [6.45, 7) is 3.45. The fourth-order valence-corrected chi connectivity index (χ4v) is 4.54. The molecular formula is C22H26Cl2N2OS. The minimum Gasteiger partial charge on any atom is -0.355 e. The molecule has 0 atom stereocenters. The third-order valence-corrected chi connectivity index (χ3v) is 6.78. The minimum atomic E-state index is 0.129. The van der Waals surface area contributed by atoms with Gasteiger partial charge in [0.15, 0.2) is 0 Å². The quantitative estimate of drug-likeness (QED) is 0.573. The van der Waals surface area contributed by atoms with Crippen LogP contribution in [-0.2, 0) is 17.1 Å². The summed E-state index contributed by atoms with van der Waals surface area (Å²) >= 11 is 13.9. The van der Waals surface area contributed by atoms with Crippen LogP contribution in [0.25, 0.3) is 0 Å². The van der Waals surface area contributed by atoms with Crippen molar-refractivity contribution in [2.75, 3.05) is 25.4 Å². The molecule has 2 aromatic rings. The molecule has 150 valence electrons. The molecule has 3 nitrogen and oxygen atoms in total. The van der Waals surface area contributed by atoms with E-state index >= 15 is 0 Å². The van der Waals surface area contributed by atoms with Gasteiger partial charge in [-0.25, -0.2) is 0 Å². The summed E-state index contributed by atoms with van der Waals surface area (Å²) in [6, 6.07) is 16.2. The van der Waals surface area contributed by atoms with Gasteiger partial charge in [0.2, 0.25) is 5.91 Å². The van der Waals surface area contributed by atoms with Gasteiger partial charge in [0.05, 0.1) is 10.0 Å². The van der Waals surface area contributed by atoms with Crippen LogP contribution >= 0.6 is 35.0 Å². The lowest BCUT2D eigenvalue weighted by molar-refractivity contribution is -0.126. The SMILES string of the molecule is O=C(NCCSCc1ccccc1)C1CCN(Cc2ccc(Cl)c(Cl)c2)CC1. The largest absolute Gasteiger partial charge is 0.355 e. The number of hydrogen-bond donors (Lipinski definition) is 1. The third kappa shape index (κ3) is 6.70. The van der Waals surface area contributed by atoms with Gasteiger partial charge < -0.3 is 5.32 Å². The Morgan fingerprint density at radius 2 is 1.79 bits per heavy atom. The Morgan fingerprint density at radius 3 is 2.50 bits per heavy atom. The van der Waals surface area contributed by atoms with E-state index in [1.54, 1.807) is 0 Å². The number of amides is 1. The van der Waals surface area contributed by atoms with Gasteiger partial charge in [-0.3, -0.25) is 9.69 Å². The van der Waals surface area contributed by atoms with E-state index in [0.717, 1.165) is 56.1 Å². The molecule has 2 aromatic carbocycles. The number of thioether (sulfide) groups is 1. The van der Waals surface area contributed by atoms with Gasteiger partial charge in [0.1, 0.15) is 0 Å². The van der Waals surface area contributed by atoms with Crippen LogP contribution < -0.4 is 5.32 Å². The van der Waals surface area contributed by atoms with Gasteiger partial charge >= 0.3 is 0 Å². The summed E-state index contributed by atoms with van der Waals surface area (Å²) in [7, 11) is 0. The zero-order valence-corrected chi connectivity index (χ0v) is 18.2. The fourth-order valence-electron chi connectivity index (χ4n) is 3.40. The second-order valence-corrected chi connectivity index (χ2v) is 9.05. The van der Waals surface area contributed by atoms with E-state index in [4.69, 9.17) is 23.2 Å². The molecule has 1 aliphatic heterocycles. The van der Waals surface area contributed by atoms with Gasteiger partial charge in [0.25, 0.3) is 0 Å². The molecule has 0 bridgehead atoms. The van der Waals surface area contributed by atoms with Gasteiger partial charge in [-0.1, -0.05) is 59.6 Å². The maximum Gasteiger partial charge on any atom is 0.223 e. The highest BCUT2D eigenvalue weighted by Crippen LogP contribution is 2.25. The van der Waals surface area contributed by atoms with Crippen LogP contribution in [0.5, 0.6) is 0 Å². The van der Waals surface area contributed by atoms with Crippen LogP contribution in [0.2, 0.25) is 10.0 Å². The predicted octanol–water partition coefficient (Wildman–Crippen LogP) is 5.26. The molecule has 28 heavy (non-hydrogen) atoms. The molecule has 1 N–H and O–H groups in total. The summed E-state index contributed by atoms with van der Waals surface area (Å²) in [5.74, 6) is 2.26. The van der Waals surface area contributed by atoms with Crippen molar-refractivity contribution in [2.24, 2.45) is 5.92 Å². The van der Waals surface area contributed by atoms with E-state index in [1.807, 2.05) is 36.0 Å². The van der Waals surface area contributed by atoms with Crippen molar-refractivity contribution in [2.45, 2.75) is 25.1 Å². The lowest BCUT2D eigenvalue weighted by Gasteiger charge is -2.31. The molecule has 1 fully saturated rings. The third-order valence-electron chi connectivity index (χ3n) is 5.01. The Kier molecular flexibility index (Phi) is 8.53. The number of nitrogens with zero attached hydrogens (tertiary/aromatic N) is 1. The first-order valence-electron chi connectivity index (χ1n) is 9.67. The minimum absolute atomic E-state index is 0.129. The maximum atomic E-state index is 12.4. The van der Waals surface area contributed by atoms with E-state index in [0.29, 0.717) is 10.0 Å². The molecule has 0 unspecified atom stereocenters. The molecular weight excluding hydrogens is 411 g/mol. The molecule has 0 aromatic heterocycles. The normalized spacial score (nSPS) is 15.5.